The number of hydrogen-bond acceptors (Lipinski definition) is 1. The van der Waals surface area contributed by atoms with Crippen LogP contribution in [0.4, 0.5) is 0 Å². The first-order valence-corrected chi connectivity index (χ1v) is 28.2. The second-order valence-electron chi connectivity index (χ2n) is 14.9. The molecular weight excluding hydrogens is 946 g/mol. The molecule has 12 rings (SSSR count). The molecule has 0 saturated heterocycles. The molecule has 0 saturated carbocycles. The van der Waals surface area contributed by atoms with Crippen molar-refractivity contribution in [2.75, 3.05) is 0 Å². The van der Waals surface area contributed by atoms with Gasteiger partial charge in [0.05, 0.1) is 0 Å². The van der Waals surface area contributed by atoms with E-state index in [2.05, 4.69) is 218 Å². The van der Waals surface area contributed by atoms with Gasteiger partial charge in [-0.05, 0) is 0 Å². The van der Waals surface area contributed by atoms with Crippen LogP contribution in [0.15, 0.2) is 223 Å². The maximum atomic E-state index is 7.10. The first-order valence-electron chi connectivity index (χ1n) is 19.7. The summed E-state index contributed by atoms with van der Waals surface area (Å²) in [5.41, 5.74) is 7.66. The van der Waals surface area contributed by atoms with Crippen LogP contribution in [0.3, 0.4) is 0 Å². The van der Waals surface area contributed by atoms with E-state index >= 15 is 0 Å². The summed E-state index contributed by atoms with van der Waals surface area (Å²) in [6, 6.07) is 83.0. The van der Waals surface area contributed by atoms with E-state index in [-0.39, 0.29) is 0 Å². The molecular formula is C54H36I2OSi. The fourth-order valence-electron chi connectivity index (χ4n) is 9.42. The van der Waals surface area contributed by atoms with Gasteiger partial charge in [-0.15, -0.1) is 0 Å². The van der Waals surface area contributed by atoms with Gasteiger partial charge < -0.3 is 0 Å². The Balaban J connectivity index is 1.14. The SMILES string of the molecule is c1ccc([Si](c2ccccc2)(c2ccccc2)c2cc(I3c4ccccc4-c4cc(I5c6ccccc6-c6ccccc65)ccc43)cc3c2oc2ccccc23)cc1. The Bertz CT molecular complexity index is 3050. The van der Waals surface area contributed by atoms with Crippen LogP contribution in [-0.4, -0.2) is 8.07 Å². The van der Waals surface area contributed by atoms with Crippen molar-refractivity contribution in [1.82, 2.24) is 0 Å². The monoisotopic (exact) mass is 982 g/mol. The van der Waals surface area contributed by atoms with E-state index < -0.39 is 47.7 Å². The average molecular weight is 983 g/mol. The molecule has 0 atom stereocenters. The topological polar surface area (TPSA) is 13.1 Å². The molecule has 0 bridgehead atoms. The molecule has 0 amide bonds. The number of fused-ring (bicyclic) bond motifs is 9. The normalized spacial score (nSPS) is 14.0. The van der Waals surface area contributed by atoms with Crippen LogP contribution in [-0.2, 0) is 0 Å². The van der Waals surface area contributed by atoms with Gasteiger partial charge in [-0.25, -0.2) is 0 Å². The Morgan fingerprint density at radius 3 is 1.34 bits per heavy atom. The Hall–Kier alpha value is -5.54. The third kappa shape index (κ3) is 5.11. The van der Waals surface area contributed by atoms with Crippen molar-refractivity contribution in [2.45, 2.75) is 0 Å². The van der Waals surface area contributed by atoms with Gasteiger partial charge in [0.15, 0.2) is 0 Å². The zero-order chi connectivity index (χ0) is 38.2. The van der Waals surface area contributed by atoms with E-state index in [9.17, 15) is 0 Å². The van der Waals surface area contributed by atoms with Crippen molar-refractivity contribution in [1.29, 1.82) is 0 Å². The molecule has 2 aliphatic rings. The van der Waals surface area contributed by atoms with Crippen LogP contribution in [0.1, 0.15) is 0 Å². The Morgan fingerprint density at radius 1 is 0.328 bits per heavy atom. The van der Waals surface area contributed by atoms with E-state index in [1.165, 1.54) is 68.1 Å². The van der Waals surface area contributed by atoms with Gasteiger partial charge in [-0.1, -0.05) is 0 Å². The molecule has 0 radical (unpaired) electrons. The first kappa shape index (κ1) is 34.5. The molecule has 0 N–H and O–H groups in total. The number of benzene rings is 9. The summed E-state index contributed by atoms with van der Waals surface area (Å²) in [7, 11) is -2.95. The molecule has 0 spiro atoms. The number of para-hydroxylation sites is 1. The molecule has 0 unspecified atom stereocenters. The molecule has 2 aliphatic heterocycles. The Morgan fingerprint density at radius 2 is 0.776 bits per heavy atom. The van der Waals surface area contributed by atoms with Gasteiger partial charge in [-0.2, -0.15) is 0 Å². The van der Waals surface area contributed by atoms with Crippen molar-refractivity contribution in [3.63, 3.8) is 0 Å². The van der Waals surface area contributed by atoms with E-state index in [0.29, 0.717) is 0 Å². The number of halogens is 2. The van der Waals surface area contributed by atoms with Gasteiger partial charge in [0.1, 0.15) is 0 Å². The Kier molecular flexibility index (Phi) is 8.20. The second-order valence-corrected chi connectivity index (χ2v) is 29.1. The summed E-state index contributed by atoms with van der Waals surface area (Å²) in [6.45, 7) is 0. The van der Waals surface area contributed by atoms with Gasteiger partial charge >= 0.3 is 357 Å². The van der Waals surface area contributed by atoms with Crippen molar-refractivity contribution in [2.24, 2.45) is 0 Å². The molecule has 276 valence electrons. The van der Waals surface area contributed by atoms with E-state index in [1.54, 1.807) is 7.14 Å². The number of rotatable bonds is 6. The van der Waals surface area contributed by atoms with Crippen LogP contribution in [0.2, 0.25) is 0 Å². The van der Waals surface area contributed by atoms with E-state index in [4.69, 9.17) is 4.42 Å². The summed E-state index contributed by atoms with van der Waals surface area (Å²) in [5, 5.41) is 7.79. The van der Waals surface area contributed by atoms with Gasteiger partial charge in [0.2, 0.25) is 0 Å². The van der Waals surface area contributed by atoms with Gasteiger partial charge in [-0.3, -0.25) is 0 Å². The van der Waals surface area contributed by atoms with Crippen molar-refractivity contribution in [3.05, 3.63) is 240 Å². The summed E-state index contributed by atoms with van der Waals surface area (Å²) in [6.07, 6.45) is 0. The van der Waals surface area contributed by atoms with Gasteiger partial charge in [0.25, 0.3) is 0 Å². The molecule has 10 aromatic rings. The molecule has 0 fully saturated rings. The average Bonchev–Trinajstić information content (AvgIpc) is 3.95. The minimum atomic E-state index is -2.95. The molecule has 1 aromatic heterocycles. The predicted octanol–water partition coefficient (Wildman–Crippen LogP) is 11.8. The fourth-order valence-corrected chi connectivity index (χ4v) is 27.4. The van der Waals surface area contributed by atoms with Crippen molar-refractivity contribution >= 4 is 90.4 Å². The maximum absolute atomic E-state index is 7.10. The van der Waals surface area contributed by atoms with E-state index in [0.717, 1.165) is 11.2 Å². The zero-order valence-corrected chi connectivity index (χ0v) is 36.8. The van der Waals surface area contributed by atoms with Crippen LogP contribution in [0, 0.1) is 21.4 Å². The van der Waals surface area contributed by atoms with Crippen LogP contribution in [0.5, 0.6) is 0 Å². The molecule has 4 heteroatoms. The summed E-state index contributed by atoms with van der Waals surface area (Å²) < 4.78 is 16.3. The second kappa shape index (κ2) is 13.8. The van der Waals surface area contributed by atoms with Crippen molar-refractivity contribution < 1.29 is 4.42 Å². The summed E-state index contributed by atoms with van der Waals surface area (Å²) in [5.74, 6) is 0. The molecule has 1 nitrogen and oxygen atoms in total. The number of hydrogen-bond donors (Lipinski definition) is 0. The molecule has 0 aliphatic carbocycles. The van der Waals surface area contributed by atoms with Crippen LogP contribution >= 0.6 is 39.6 Å². The quantitative estimate of drug-likeness (QED) is 0.0919. The standard InChI is InChI=1S/C54H36I2OSi/c1-4-18-39(19-5-1)58(40-20-6-2-7-21-40,41-22-8-3-9-23-41)53-36-38(35-47-45-27-13-17-31-52(45)57-54(47)53)56-50-30-16-12-26-44(50)46-34-37(32-33-51(46)56)55-48-28-14-10-24-42(48)43-25-11-15-29-49(43)55/h1-36H. The fraction of sp³-hybridized carbons (Fsp3) is 0. The predicted molar refractivity (Wildman–Crippen MR) is 261 cm³/mol. The van der Waals surface area contributed by atoms with E-state index in [1.807, 2.05) is 0 Å². The summed E-state index contributed by atoms with van der Waals surface area (Å²) >= 11 is -4.13. The van der Waals surface area contributed by atoms with Crippen LogP contribution in [0.25, 0.3) is 44.2 Å². The third-order valence-corrected chi connectivity index (χ3v) is 28.8. The third-order valence-electron chi connectivity index (χ3n) is 11.8. The molecule has 3 heterocycles. The zero-order valence-electron chi connectivity index (χ0n) is 31.4. The van der Waals surface area contributed by atoms with Gasteiger partial charge in [0, 0.05) is 0 Å². The first-order chi connectivity index (χ1) is 28.8. The molecule has 9 aromatic carbocycles. The summed E-state index contributed by atoms with van der Waals surface area (Å²) in [4.78, 5) is 0. The Labute approximate surface area is 353 Å². The molecule has 58 heavy (non-hydrogen) atoms. The minimum absolute atomic E-state index is 0.941. The van der Waals surface area contributed by atoms with Crippen molar-refractivity contribution in [3.8, 4) is 22.3 Å². The number of furan rings is 1. The van der Waals surface area contributed by atoms with Crippen LogP contribution < -0.4 is 20.7 Å².